The van der Waals surface area contributed by atoms with Crippen LogP contribution in [0, 0.1) is 17.2 Å². The van der Waals surface area contributed by atoms with Crippen molar-refractivity contribution in [1.29, 1.82) is 5.26 Å². The first-order valence-corrected chi connectivity index (χ1v) is 11.0. The molecule has 1 heterocycles. The molecule has 1 aromatic heterocycles. The van der Waals surface area contributed by atoms with Gasteiger partial charge in [0.2, 0.25) is 5.95 Å². The molecule has 1 fully saturated rings. The molecule has 1 saturated carbocycles. The van der Waals surface area contributed by atoms with E-state index >= 15 is 0 Å². The molecule has 2 atom stereocenters. The molecule has 8 heteroatoms. The summed E-state index contributed by atoms with van der Waals surface area (Å²) >= 11 is 0. The number of ether oxygens (including phenoxy) is 2. The summed E-state index contributed by atoms with van der Waals surface area (Å²) in [5, 5.41) is 19.1. The number of rotatable bonds is 7. The molecule has 1 aliphatic rings. The molecule has 4 rings (SSSR count). The number of nitriles is 1. The fourth-order valence-electron chi connectivity index (χ4n) is 4.16. The summed E-state index contributed by atoms with van der Waals surface area (Å²) < 4.78 is 12.5. The minimum atomic E-state index is -0.0554. The molecule has 2 aromatic carbocycles. The van der Waals surface area contributed by atoms with E-state index in [1.54, 1.807) is 18.3 Å². The number of aromatic hydroxyl groups is 1. The Morgan fingerprint density at radius 1 is 1.15 bits per heavy atom. The van der Waals surface area contributed by atoms with Gasteiger partial charge in [0.05, 0.1) is 18.2 Å². The fourth-order valence-corrected chi connectivity index (χ4v) is 4.16. The van der Waals surface area contributed by atoms with Crippen LogP contribution in [-0.2, 0) is 6.42 Å². The van der Waals surface area contributed by atoms with E-state index in [0.29, 0.717) is 36.8 Å². The predicted molar refractivity (Wildman–Crippen MR) is 126 cm³/mol. The van der Waals surface area contributed by atoms with Crippen LogP contribution in [0.4, 0.5) is 11.8 Å². The van der Waals surface area contributed by atoms with Gasteiger partial charge in [0, 0.05) is 30.5 Å². The highest BCUT2D eigenvalue weighted by Crippen LogP contribution is 2.43. The van der Waals surface area contributed by atoms with E-state index in [9.17, 15) is 10.4 Å². The van der Waals surface area contributed by atoms with Crippen molar-refractivity contribution >= 4 is 11.8 Å². The topological polar surface area (TPSA) is 140 Å². The summed E-state index contributed by atoms with van der Waals surface area (Å²) in [7, 11) is 0. The molecule has 0 spiro atoms. The van der Waals surface area contributed by atoms with Gasteiger partial charge in [-0.1, -0.05) is 12.1 Å². The Labute approximate surface area is 192 Å². The summed E-state index contributed by atoms with van der Waals surface area (Å²) in [4.78, 5) is 8.11. The Balaban J connectivity index is 1.78. The van der Waals surface area contributed by atoms with Crippen LogP contribution in [-0.4, -0.2) is 27.8 Å². The van der Waals surface area contributed by atoms with Crippen molar-refractivity contribution in [3.63, 3.8) is 0 Å². The second-order valence-corrected chi connectivity index (χ2v) is 8.14. The van der Waals surface area contributed by atoms with Crippen LogP contribution in [0.15, 0.2) is 42.6 Å². The minimum Gasteiger partial charge on any atom is -0.508 e. The lowest BCUT2D eigenvalue weighted by molar-refractivity contribution is 0.207. The van der Waals surface area contributed by atoms with Crippen molar-refractivity contribution in [3.8, 4) is 34.4 Å². The lowest BCUT2D eigenvalue weighted by Gasteiger charge is -2.21. The zero-order chi connectivity index (χ0) is 23.4. The van der Waals surface area contributed by atoms with Crippen molar-refractivity contribution in [2.45, 2.75) is 38.7 Å². The average molecular weight is 446 g/mol. The van der Waals surface area contributed by atoms with E-state index in [-0.39, 0.29) is 23.7 Å². The largest absolute Gasteiger partial charge is 0.508 e. The maximum Gasteiger partial charge on any atom is 0.221 e. The van der Waals surface area contributed by atoms with Crippen LogP contribution in [0.25, 0.3) is 11.1 Å². The summed E-state index contributed by atoms with van der Waals surface area (Å²) in [5.41, 5.74) is 15.0. The highest BCUT2D eigenvalue weighted by atomic mass is 16.5. The normalized spacial score (nSPS) is 17.5. The van der Waals surface area contributed by atoms with Crippen molar-refractivity contribution in [2.24, 2.45) is 5.92 Å². The molecular weight excluding hydrogens is 418 g/mol. The molecule has 170 valence electrons. The van der Waals surface area contributed by atoms with E-state index < -0.39 is 0 Å². The summed E-state index contributed by atoms with van der Waals surface area (Å²) in [6.45, 7) is 2.40. The predicted octanol–water partition coefficient (Wildman–Crippen LogP) is 4.07. The van der Waals surface area contributed by atoms with E-state index in [1.807, 2.05) is 31.2 Å². The van der Waals surface area contributed by atoms with Gasteiger partial charge in [-0.15, -0.1) is 0 Å². The molecule has 0 bridgehead atoms. The first-order valence-electron chi connectivity index (χ1n) is 11.0. The summed E-state index contributed by atoms with van der Waals surface area (Å²) in [6.07, 6.45) is 4.39. The highest BCUT2D eigenvalue weighted by molar-refractivity contribution is 5.78. The molecule has 0 radical (unpaired) electrons. The standard InChI is InChI=1S/C25H27N5O3/c1-2-32-21-11-16(9-18-14-29-25(28)30-24(18)27)12-22(33-20-8-3-15(10-20)13-26)23(21)17-4-6-19(31)7-5-17/h4-7,11-12,14-15,20,31H,2-3,8-10H2,1H3,(H4,27,28,29,30). The number of anilines is 2. The summed E-state index contributed by atoms with van der Waals surface area (Å²) in [6, 6.07) is 13.2. The Morgan fingerprint density at radius 2 is 1.91 bits per heavy atom. The number of nitrogens with zero attached hydrogens (tertiary/aromatic N) is 3. The van der Waals surface area contributed by atoms with Crippen LogP contribution in [0.1, 0.15) is 37.3 Å². The van der Waals surface area contributed by atoms with Gasteiger partial charge < -0.3 is 26.0 Å². The molecule has 33 heavy (non-hydrogen) atoms. The number of nitrogens with two attached hydrogens (primary N) is 2. The van der Waals surface area contributed by atoms with Gasteiger partial charge in [-0.05, 0) is 55.2 Å². The molecule has 0 aliphatic heterocycles. The minimum absolute atomic E-state index is 0.00777. The number of benzene rings is 2. The van der Waals surface area contributed by atoms with E-state index in [4.69, 9.17) is 20.9 Å². The maximum absolute atomic E-state index is 9.76. The van der Waals surface area contributed by atoms with Crippen molar-refractivity contribution in [3.05, 3.63) is 53.7 Å². The average Bonchev–Trinajstić information content (AvgIpc) is 3.24. The van der Waals surface area contributed by atoms with Crippen molar-refractivity contribution in [1.82, 2.24) is 9.97 Å². The van der Waals surface area contributed by atoms with E-state index in [1.165, 1.54) is 0 Å². The third kappa shape index (κ3) is 5.09. The lowest BCUT2D eigenvalue weighted by Crippen LogP contribution is -2.13. The molecule has 8 nitrogen and oxygen atoms in total. The molecule has 0 amide bonds. The molecule has 5 N–H and O–H groups in total. The number of phenolic OH excluding ortho intramolecular Hbond substituents is 1. The number of hydrogen-bond acceptors (Lipinski definition) is 8. The number of aromatic nitrogens is 2. The van der Waals surface area contributed by atoms with Crippen LogP contribution in [0.2, 0.25) is 0 Å². The van der Waals surface area contributed by atoms with E-state index in [0.717, 1.165) is 35.1 Å². The van der Waals surface area contributed by atoms with Gasteiger partial charge in [-0.2, -0.15) is 10.2 Å². The van der Waals surface area contributed by atoms with Crippen LogP contribution in [0.5, 0.6) is 17.2 Å². The Kier molecular flexibility index (Phi) is 6.50. The van der Waals surface area contributed by atoms with Gasteiger partial charge in [0.1, 0.15) is 29.2 Å². The Hall–Kier alpha value is -3.99. The second kappa shape index (κ2) is 9.65. The SMILES string of the molecule is CCOc1cc(Cc2cnc(N)nc2N)cc(OC2CCC(C#N)C2)c1-c1ccc(O)cc1. The Bertz CT molecular complexity index is 1170. The molecular formula is C25H27N5O3. The van der Waals surface area contributed by atoms with Crippen molar-refractivity contribution < 1.29 is 14.6 Å². The second-order valence-electron chi connectivity index (χ2n) is 8.14. The third-order valence-corrected chi connectivity index (χ3v) is 5.75. The quantitative estimate of drug-likeness (QED) is 0.494. The molecule has 2 unspecified atom stereocenters. The van der Waals surface area contributed by atoms with Crippen molar-refractivity contribution in [2.75, 3.05) is 18.1 Å². The van der Waals surface area contributed by atoms with Gasteiger partial charge >= 0.3 is 0 Å². The van der Waals surface area contributed by atoms with Gasteiger partial charge in [0.25, 0.3) is 0 Å². The first-order chi connectivity index (χ1) is 16.0. The fraction of sp³-hybridized carbons (Fsp3) is 0.320. The monoisotopic (exact) mass is 445 g/mol. The van der Waals surface area contributed by atoms with Crippen LogP contribution in [0.3, 0.4) is 0 Å². The zero-order valence-electron chi connectivity index (χ0n) is 18.5. The molecule has 0 saturated heterocycles. The Morgan fingerprint density at radius 3 is 2.58 bits per heavy atom. The number of hydrogen-bond donors (Lipinski definition) is 3. The van der Waals surface area contributed by atoms with Crippen LogP contribution < -0.4 is 20.9 Å². The van der Waals surface area contributed by atoms with Crippen LogP contribution >= 0.6 is 0 Å². The van der Waals surface area contributed by atoms with E-state index in [2.05, 4.69) is 16.0 Å². The third-order valence-electron chi connectivity index (χ3n) is 5.75. The zero-order valence-corrected chi connectivity index (χ0v) is 18.5. The molecule has 1 aliphatic carbocycles. The lowest BCUT2D eigenvalue weighted by atomic mass is 9.98. The van der Waals surface area contributed by atoms with Gasteiger partial charge in [-0.25, -0.2) is 4.98 Å². The van der Waals surface area contributed by atoms with Gasteiger partial charge in [0.15, 0.2) is 0 Å². The first kappa shape index (κ1) is 22.2. The number of nitrogen functional groups attached to an aromatic ring is 2. The van der Waals surface area contributed by atoms with Gasteiger partial charge in [-0.3, -0.25) is 0 Å². The number of phenols is 1. The maximum atomic E-state index is 9.76. The smallest absolute Gasteiger partial charge is 0.221 e. The highest BCUT2D eigenvalue weighted by Gasteiger charge is 2.28. The molecule has 3 aromatic rings. The summed E-state index contributed by atoms with van der Waals surface area (Å²) in [5.74, 6) is 1.99.